The first kappa shape index (κ1) is 12.8. The van der Waals surface area contributed by atoms with Gasteiger partial charge in [-0.25, -0.2) is 4.79 Å². The third kappa shape index (κ3) is 2.60. The largest absolute Gasteiger partial charge is 0.465 e. The Hall–Kier alpha value is -1.65. The monoisotopic (exact) mass is 280 g/mol. The van der Waals surface area contributed by atoms with E-state index in [0.29, 0.717) is 21.0 Å². The van der Waals surface area contributed by atoms with Crippen LogP contribution < -0.4 is 0 Å². The van der Waals surface area contributed by atoms with Crippen LogP contribution >= 0.6 is 22.9 Å². The summed E-state index contributed by atoms with van der Waals surface area (Å²) in [5.41, 5.74) is 1.01. The second kappa shape index (κ2) is 5.33. The van der Waals surface area contributed by atoms with Crippen molar-refractivity contribution in [2.24, 2.45) is 0 Å². The Balaban J connectivity index is 2.26. The van der Waals surface area contributed by atoms with E-state index >= 15 is 0 Å². The van der Waals surface area contributed by atoms with Gasteiger partial charge in [0.15, 0.2) is 5.78 Å². The van der Waals surface area contributed by atoms with Crippen molar-refractivity contribution in [3.8, 4) is 0 Å². The lowest BCUT2D eigenvalue weighted by Crippen LogP contribution is -2.00. The molecule has 2 rings (SSSR count). The van der Waals surface area contributed by atoms with E-state index in [1.165, 1.54) is 24.5 Å². The normalized spacial score (nSPS) is 10.1. The van der Waals surface area contributed by atoms with E-state index in [1.807, 2.05) is 0 Å². The van der Waals surface area contributed by atoms with Crippen LogP contribution in [0.5, 0.6) is 0 Å². The molecule has 1 aromatic carbocycles. The van der Waals surface area contributed by atoms with Crippen LogP contribution in [0.2, 0.25) is 5.02 Å². The van der Waals surface area contributed by atoms with E-state index < -0.39 is 5.97 Å². The lowest BCUT2D eigenvalue weighted by atomic mass is 10.1. The number of esters is 1. The number of halogens is 1. The summed E-state index contributed by atoms with van der Waals surface area (Å²) in [7, 11) is 1.31. The van der Waals surface area contributed by atoms with Gasteiger partial charge in [-0.1, -0.05) is 11.6 Å². The van der Waals surface area contributed by atoms with Gasteiger partial charge in [-0.15, -0.1) is 11.3 Å². The third-order valence-electron chi connectivity index (χ3n) is 2.35. The molecule has 0 radical (unpaired) electrons. The molecule has 0 N–H and O–H groups in total. The molecule has 92 valence electrons. The number of ether oxygens (including phenoxy) is 1. The van der Waals surface area contributed by atoms with Crippen molar-refractivity contribution in [3.05, 3.63) is 56.7 Å². The number of thiophene rings is 1. The molecule has 0 aliphatic carbocycles. The fraction of sp³-hybridized carbons (Fsp3) is 0.0769. The van der Waals surface area contributed by atoms with E-state index in [0.717, 1.165) is 0 Å². The van der Waals surface area contributed by atoms with Crippen LogP contribution in [0.3, 0.4) is 0 Å². The Morgan fingerprint density at radius 2 is 1.83 bits per heavy atom. The van der Waals surface area contributed by atoms with Crippen LogP contribution in [-0.2, 0) is 4.74 Å². The predicted octanol–water partition coefficient (Wildman–Crippen LogP) is 3.42. The van der Waals surface area contributed by atoms with Crippen LogP contribution in [0.15, 0.2) is 35.7 Å². The molecule has 0 unspecified atom stereocenters. The van der Waals surface area contributed by atoms with Gasteiger partial charge in [-0.3, -0.25) is 4.79 Å². The zero-order valence-corrected chi connectivity index (χ0v) is 11.0. The van der Waals surface area contributed by atoms with E-state index in [1.54, 1.807) is 29.6 Å². The minimum Gasteiger partial charge on any atom is -0.465 e. The highest BCUT2D eigenvalue weighted by atomic mass is 35.5. The van der Waals surface area contributed by atoms with E-state index in [4.69, 9.17) is 11.6 Å². The minimum absolute atomic E-state index is 0.141. The Morgan fingerprint density at radius 1 is 1.17 bits per heavy atom. The molecular formula is C13H9ClO3S. The summed E-state index contributed by atoms with van der Waals surface area (Å²) in [6.07, 6.45) is 0. The number of hydrogen-bond donors (Lipinski definition) is 0. The lowest BCUT2D eigenvalue weighted by molar-refractivity contribution is 0.0606. The summed E-state index contributed by atoms with van der Waals surface area (Å²) in [5, 5.41) is 2.22. The maximum atomic E-state index is 12.1. The molecule has 1 aromatic heterocycles. The molecule has 0 aliphatic rings. The quantitative estimate of drug-likeness (QED) is 0.639. The summed E-state index contributed by atoms with van der Waals surface area (Å²) < 4.78 is 4.59. The Morgan fingerprint density at radius 3 is 2.44 bits per heavy atom. The first-order chi connectivity index (χ1) is 8.61. The van der Waals surface area contributed by atoms with Crippen LogP contribution in [0.1, 0.15) is 25.6 Å². The Labute approximate surface area is 113 Å². The average molecular weight is 281 g/mol. The van der Waals surface area contributed by atoms with E-state index in [9.17, 15) is 9.59 Å². The van der Waals surface area contributed by atoms with Crippen LogP contribution in [0, 0.1) is 0 Å². The summed E-state index contributed by atoms with van der Waals surface area (Å²) in [4.78, 5) is 23.8. The molecule has 0 spiro atoms. The van der Waals surface area contributed by atoms with Crippen LogP contribution in [-0.4, -0.2) is 18.9 Å². The highest BCUT2D eigenvalue weighted by Crippen LogP contribution is 2.20. The molecule has 3 nitrogen and oxygen atoms in total. The van der Waals surface area contributed by atoms with Crippen molar-refractivity contribution in [2.45, 2.75) is 0 Å². The fourth-order valence-corrected chi connectivity index (χ4v) is 2.36. The smallest absolute Gasteiger partial charge is 0.348 e. The first-order valence-electron chi connectivity index (χ1n) is 5.09. The molecule has 2 aromatic rings. The number of carbonyl (C=O) groups is 2. The molecule has 0 atom stereocenters. The van der Waals surface area contributed by atoms with Crippen molar-refractivity contribution in [1.82, 2.24) is 0 Å². The number of rotatable bonds is 3. The molecule has 0 saturated carbocycles. The van der Waals surface area contributed by atoms with Crippen molar-refractivity contribution in [1.29, 1.82) is 0 Å². The number of hydrogen-bond acceptors (Lipinski definition) is 4. The lowest BCUT2D eigenvalue weighted by Gasteiger charge is -1.98. The summed E-state index contributed by atoms with van der Waals surface area (Å²) in [6.45, 7) is 0. The summed E-state index contributed by atoms with van der Waals surface area (Å²) in [5.74, 6) is -0.576. The summed E-state index contributed by atoms with van der Waals surface area (Å²) in [6, 6.07) is 8.15. The van der Waals surface area contributed by atoms with Crippen molar-refractivity contribution < 1.29 is 14.3 Å². The first-order valence-corrected chi connectivity index (χ1v) is 6.34. The molecule has 0 bridgehead atoms. The molecule has 1 heterocycles. The van der Waals surface area contributed by atoms with Gasteiger partial charge in [0.1, 0.15) is 4.88 Å². The number of benzene rings is 1. The molecular weight excluding hydrogens is 272 g/mol. The maximum absolute atomic E-state index is 12.1. The Kier molecular flexibility index (Phi) is 3.79. The number of carbonyl (C=O) groups excluding carboxylic acids is 2. The van der Waals surface area contributed by atoms with E-state index in [-0.39, 0.29) is 5.78 Å². The highest BCUT2D eigenvalue weighted by Gasteiger charge is 2.15. The standard InChI is InChI=1S/C13H9ClO3S/c1-17-13(16)11-6-9(7-18-11)12(15)8-2-4-10(14)5-3-8/h2-7H,1H3. The molecule has 0 aliphatic heterocycles. The topological polar surface area (TPSA) is 43.4 Å². The molecule has 0 amide bonds. The van der Waals surface area contributed by atoms with Gasteiger partial charge in [0.25, 0.3) is 0 Å². The van der Waals surface area contributed by atoms with Crippen LogP contribution in [0.4, 0.5) is 0 Å². The number of ketones is 1. The van der Waals surface area contributed by atoms with Gasteiger partial charge < -0.3 is 4.74 Å². The van der Waals surface area contributed by atoms with Gasteiger partial charge in [0.2, 0.25) is 0 Å². The second-order valence-electron chi connectivity index (χ2n) is 3.53. The van der Waals surface area contributed by atoms with Crippen LogP contribution in [0.25, 0.3) is 0 Å². The molecule has 18 heavy (non-hydrogen) atoms. The highest BCUT2D eigenvalue weighted by molar-refractivity contribution is 7.12. The molecule has 0 saturated heterocycles. The molecule has 0 fully saturated rings. The fourth-order valence-electron chi connectivity index (χ4n) is 1.43. The second-order valence-corrected chi connectivity index (χ2v) is 4.87. The van der Waals surface area contributed by atoms with Gasteiger partial charge in [-0.05, 0) is 30.3 Å². The van der Waals surface area contributed by atoms with Gasteiger partial charge in [-0.2, -0.15) is 0 Å². The van der Waals surface area contributed by atoms with Gasteiger partial charge in [0, 0.05) is 21.5 Å². The zero-order valence-electron chi connectivity index (χ0n) is 9.48. The van der Waals surface area contributed by atoms with Gasteiger partial charge in [0.05, 0.1) is 7.11 Å². The Bertz CT molecular complexity index is 587. The maximum Gasteiger partial charge on any atom is 0.348 e. The summed E-state index contributed by atoms with van der Waals surface area (Å²) >= 11 is 6.94. The van der Waals surface area contributed by atoms with E-state index in [2.05, 4.69) is 4.74 Å². The molecule has 5 heteroatoms. The average Bonchev–Trinajstić information content (AvgIpc) is 2.87. The number of methoxy groups -OCH3 is 1. The zero-order chi connectivity index (χ0) is 13.1. The van der Waals surface area contributed by atoms with Crippen molar-refractivity contribution in [2.75, 3.05) is 7.11 Å². The van der Waals surface area contributed by atoms with Crippen molar-refractivity contribution >= 4 is 34.7 Å². The van der Waals surface area contributed by atoms with Gasteiger partial charge >= 0.3 is 5.97 Å². The third-order valence-corrected chi connectivity index (χ3v) is 3.52. The SMILES string of the molecule is COC(=O)c1cc(C(=O)c2ccc(Cl)cc2)cs1. The predicted molar refractivity (Wildman–Crippen MR) is 70.5 cm³/mol. The minimum atomic E-state index is -0.435. The van der Waals surface area contributed by atoms with Crippen molar-refractivity contribution in [3.63, 3.8) is 0 Å².